The second-order valence-electron chi connectivity index (χ2n) is 5.27. The summed E-state index contributed by atoms with van der Waals surface area (Å²) in [6.07, 6.45) is 2.78. The molecule has 1 amide bonds. The summed E-state index contributed by atoms with van der Waals surface area (Å²) in [5, 5.41) is 0. The van der Waals surface area contributed by atoms with Crippen molar-refractivity contribution in [1.29, 1.82) is 0 Å². The fourth-order valence-electron chi connectivity index (χ4n) is 2.82. The zero-order valence-electron chi connectivity index (χ0n) is 11.5. The highest BCUT2D eigenvalue weighted by atomic mass is 32.2. The Kier molecular flexibility index (Phi) is 3.97. The Morgan fingerprint density at radius 2 is 2.00 bits per heavy atom. The summed E-state index contributed by atoms with van der Waals surface area (Å²) < 4.78 is 13.2. The first kappa shape index (κ1) is 14.1. The number of amides is 1. The fourth-order valence-corrected chi connectivity index (χ4v) is 3.74. The summed E-state index contributed by atoms with van der Waals surface area (Å²) in [7, 11) is 0. The van der Waals surface area contributed by atoms with E-state index in [0.717, 1.165) is 34.6 Å². The number of primary amides is 1. The number of carbonyl (C=O) groups is 1. The summed E-state index contributed by atoms with van der Waals surface area (Å²) in [4.78, 5) is 13.4. The van der Waals surface area contributed by atoms with E-state index in [1.165, 1.54) is 29.5 Å². The average molecular weight is 301 g/mol. The largest absolute Gasteiger partial charge is 0.369 e. The molecule has 0 saturated carbocycles. The van der Waals surface area contributed by atoms with Crippen LogP contribution in [0, 0.1) is 5.82 Å². The molecule has 0 saturated heterocycles. The molecule has 0 heterocycles. The molecule has 3 rings (SSSR count). The molecular weight excluding hydrogens is 285 g/mol. The lowest BCUT2D eigenvalue weighted by atomic mass is 9.82. The van der Waals surface area contributed by atoms with Crippen LogP contribution in [0.15, 0.2) is 52.3 Å². The van der Waals surface area contributed by atoms with E-state index in [9.17, 15) is 9.18 Å². The van der Waals surface area contributed by atoms with Crippen molar-refractivity contribution in [2.75, 3.05) is 0 Å². The molecule has 1 atom stereocenters. The van der Waals surface area contributed by atoms with Gasteiger partial charge in [-0.3, -0.25) is 4.79 Å². The number of hydrogen-bond donors (Lipinski definition) is 1. The van der Waals surface area contributed by atoms with Crippen LogP contribution >= 0.6 is 11.8 Å². The van der Waals surface area contributed by atoms with Gasteiger partial charge in [0.05, 0.1) is 5.92 Å². The zero-order valence-corrected chi connectivity index (χ0v) is 12.3. The van der Waals surface area contributed by atoms with E-state index < -0.39 is 0 Å². The Morgan fingerprint density at radius 1 is 1.19 bits per heavy atom. The Bertz CT molecular complexity index is 686. The SMILES string of the molecule is NC(=O)C1CCCc2cc(Sc3cccc(F)c3)ccc21. The third-order valence-corrected chi connectivity index (χ3v) is 4.78. The molecule has 4 heteroatoms. The molecule has 108 valence electrons. The quantitative estimate of drug-likeness (QED) is 0.935. The van der Waals surface area contributed by atoms with Gasteiger partial charge in [-0.1, -0.05) is 23.9 Å². The van der Waals surface area contributed by atoms with E-state index in [1.54, 1.807) is 6.07 Å². The molecule has 0 aliphatic heterocycles. The number of aryl methyl sites for hydroxylation is 1. The van der Waals surface area contributed by atoms with Crippen LogP contribution in [0.25, 0.3) is 0 Å². The fraction of sp³-hybridized carbons (Fsp3) is 0.235. The minimum atomic E-state index is -0.249. The molecule has 0 spiro atoms. The molecule has 0 bridgehead atoms. The maximum absolute atomic E-state index is 13.2. The van der Waals surface area contributed by atoms with Gasteiger partial charge in [0.25, 0.3) is 0 Å². The van der Waals surface area contributed by atoms with Gasteiger partial charge in [-0.2, -0.15) is 0 Å². The molecule has 1 aliphatic carbocycles. The Hall–Kier alpha value is -1.81. The van der Waals surface area contributed by atoms with Gasteiger partial charge < -0.3 is 5.73 Å². The number of fused-ring (bicyclic) bond motifs is 1. The predicted octanol–water partition coefficient (Wildman–Crippen LogP) is 3.88. The van der Waals surface area contributed by atoms with E-state index in [1.807, 2.05) is 18.2 Å². The number of carbonyl (C=O) groups excluding carboxylic acids is 1. The third kappa shape index (κ3) is 3.10. The van der Waals surface area contributed by atoms with Crippen LogP contribution in [0.4, 0.5) is 4.39 Å². The maximum Gasteiger partial charge on any atom is 0.224 e. The lowest BCUT2D eigenvalue weighted by molar-refractivity contribution is -0.119. The van der Waals surface area contributed by atoms with Crippen LogP contribution in [0.1, 0.15) is 29.9 Å². The number of halogens is 1. The first-order chi connectivity index (χ1) is 10.1. The number of nitrogens with two attached hydrogens (primary N) is 1. The first-order valence-electron chi connectivity index (χ1n) is 6.99. The van der Waals surface area contributed by atoms with Crippen molar-refractivity contribution < 1.29 is 9.18 Å². The monoisotopic (exact) mass is 301 g/mol. The van der Waals surface area contributed by atoms with Crippen molar-refractivity contribution in [3.63, 3.8) is 0 Å². The molecule has 0 fully saturated rings. The third-order valence-electron chi connectivity index (χ3n) is 3.80. The summed E-state index contributed by atoms with van der Waals surface area (Å²) in [6, 6.07) is 12.6. The zero-order chi connectivity index (χ0) is 14.8. The molecular formula is C17H16FNOS. The lowest BCUT2D eigenvalue weighted by Gasteiger charge is -2.23. The molecule has 2 aromatic carbocycles. The van der Waals surface area contributed by atoms with Crippen molar-refractivity contribution in [2.24, 2.45) is 5.73 Å². The van der Waals surface area contributed by atoms with Crippen LogP contribution in [-0.4, -0.2) is 5.91 Å². The normalized spacial score (nSPS) is 17.3. The number of hydrogen-bond acceptors (Lipinski definition) is 2. The lowest BCUT2D eigenvalue weighted by Crippen LogP contribution is -2.25. The summed E-state index contributed by atoms with van der Waals surface area (Å²) in [5.41, 5.74) is 7.71. The molecule has 0 aromatic heterocycles. The van der Waals surface area contributed by atoms with Crippen LogP contribution in [0.3, 0.4) is 0 Å². The van der Waals surface area contributed by atoms with Crippen molar-refractivity contribution in [2.45, 2.75) is 35.0 Å². The van der Waals surface area contributed by atoms with Crippen molar-refractivity contribution in [1.82, 2.24) is 0 Å². The second-order valence-corrected chi connectivity index (χ2v) is 6.41. The van der Waals surface area contributed by atoms with Gasteiger partial charge in [0.1, 0.15) is 5.82 Å². The molecule has 1 aliphatic rings. The van der Waals surface area contributed by atoms with E-state index in [-0.39, 0.29) is 17.6 Å². The molecule has 1 unspecified atom stereocenters. The summed E-state index contributed by atoms with van der Waals surface area (Å²) in [6.45, 7) is 0. The van der Waals surface area contributed by atoms with Gasteiger partial charge >= 0.3 is 0 Å². The van der Waals surface area contributed by atoms with Gasteiger partial charge in [0.2, 0.25) is 5.91 Å². The van der Waals surface area contributed by atoms with Gasteiger partial charge in [-0.05, 0) is 60.7 Å². The number of benzene rings is 2. The van der Waals surface area contributed by atoms with Crippen LogP contribution in [0.5, 0.6) is 0 Å². The van der Waals surface area contributed by atoms with Gasteiger partial charge in [0, 0.05) is 9.79 Å². The minimum Gasteiger partial charge on any atom is -0.369 e. The Labute approximate surface area is 127 Å². The minimum absolute atomic E-state index is 0.165. The highest BCUT2D eigenvalue weighted by Gasteiger charge is 2.24. The molecule has 0 radical (unpaired) electrons. The highest BCUT2D eigenvalue weighted by molar-refractivity contribution is 7.99. The predicted molar refractivity (Wildman–Crippen MR) is 81.8 cm³/mol. The average Bonchev–Trinajstić information content (AvgIpc) is 2.46. The highest BCUT2D eigenvalue weighted by Crippen LogP contribution is 2.36. The summed E-state index contributed by atoms with van der Waals surface area (Å²) >= 11 is 1.53. The van der Waals surface area contributed by atoms with Gasteiger partial charge in [-0.15, -0.1) is 0 Å². The number of rotatable bonds is 3. The van der Waals surface area contributed by atoms with Crippen molar-refractivity contribution in [3.8, 4) is 0 Å². The van der Waals surface area contributed by atoms with E-state index >= 15 is 0 Å². The van der Waals surface area contributed by atoms with Crippen molar-refractivity contribution in [3.05, 3.63) is 59.4 Å². The summed E-state index contributed by atoms with van der Waals surface area (Å²) in [5.74, 6) is -0.643. The van der Waals surface area contributed by atoms with Crippen LogP contribution in [0.2, 0.25) is 0 Å². The Balaban J connectivity index is 1.87. The molecule has 2 N–H and O–H groups in total. The van der Waals surface area contributed by atoms with E-state index in [0.29, 0.717) is 0 Å². The topological polar surface area (TPSA) is 43.1 Å². The molecule has 2 nitrogen and oxygen atoms in total. The standard InChI is InChI=1S/C17H16FNOS/c18-12-4-2-5-13(10-12)21-14-7-8-15-11(9-14)3-1-6-16(15)17(19)20/h2,4-5,7-10,16H,1,3,6H2,(H2,19,20). The van der Waals surface area contributed by atoms with Crippen LogP contribution in [-0.2, 0) is 11.2 Å². The van der Waals surface area contributed by atoms with Gasteiger partial charge in [-0.25, -0.2) is 4.39 Å². The van der Waals surface area contributed by atoms with E-state index in [4.69, 9.17) is 5.73 Å². The smallest absolute Gasteiger partial charge is 0.224 e. The Morgan fingerprint density at radius 3 is 2.76 bits per heavy atom. The van der Waals surface area contributed by atoms with Gasteiger partial charge in [0.15, 0.2) is 0 Å². The molecule has 21 heavy (non-hydrogen) atoms. The second kappa shape index (κ2) is 5.90. The molecule has 2 aromatic rings. The van der Waals surface area contributed by atoms with Crippen LogP contribution < -0.4 is 5.73 Å². The van der Waals surface area contributed by atoms with E-state index in [2.05, 4.69) is 6.07 Å². The first-order valence-corrected chi connectivity index (χ1v) is 7.81. The maximum atomic E-state index is 13.2. The van der Waals surface area contributed by atoms with Crippen molar-refractivity contribution >= 4 is 17.7 Å².